The smallest absolute Gasteiger partial charge is 0.0414 e. The van der Waals surface area contributed by atoms with E-state index in [-0.39, 0.29) is 0 Å². The minimum Gasteiger partial charge on any atom is -0.369 e. The van der Waals surface area contributed by atoms with E-state index in [1.165, 1.54) is 37.1 Å². The number of hydrogen-bond acceptors (Lipinski definition) is 2. The van der Waals surface area contributed by atoms with Gasteiger partial charge in [-0.25, -0.2) is 0 Å². The van der Waals surface area contributed by atoms with E-state index < -0.39 is 0 Å². The van der Waals surface area contributed by atoms with Gasteiger partial charge in [0.1, 0.15) is 0 Å². The van der Waals surface area contributed by atoms with Crippen molar-refractivity contribution >= 4 is 5.69 Å². The number of piperidine rings is 1. The van der Waals surface area contributed by atoms with Crippen molar-refractivity contribution in [2.75, 3.05) is 18.5 Å². The first-order valence-corrected chi connectivity index (χ1v) is 6.32. The molecule has 1 aliphatic heterocycles. The summed E-state index contributed by atoms with van der Waals surface area (Å²) in [6, 6.07) is 9.45. The van der Waals surface area contributed by atoms with Crippen LogP contribution < -0.4 is 10.2 Å². The Morgan fingerprint density at radius 2 is 2.12 bits per heavy atom. The summed E-state index contributed by atoms with van der Waals surface area (Å²) in [4.78, 5) is 2.57. The van der Waals surface area contributed by atoms with Gasteiger partial charge >= 0.3 is 0 Å². The first-order valence-electron chi connectivity index (χ1n) is 6.32. The SMILES string of the molecule is CNCc1ccccc1N1CCCCC1C. The largest absolute Gasteiger partial charge is 0.369 e. The van der Waals surface area contributed by atoms with Crippen molar-refractivity contribution in [3.63, 3.8) is 0 Å². The third kappa shape index (κ3) is 2.38. The fourth-order valence-corrected chi connectivity index (χ4v) is 2.59. The van der Waals surface area contributed by atoms with Crippen molar-refractivity contribution in [1.82, 2.24) is 5.32 Å². The van der Waals surface area contributed by atoms with Crippen LogP contribution in [0.15, 0.2) is 24.3 Å². The van der Waals surface area contributed by atoms with Crippen LogP contribution in [0.4, 0.5) is 5.69 Å². The van der Waals surface area contributed by atoms with Crippen LogP contribution in [0.25, 0.3) is 0 Å². The van der Waals surface area contributed by atoms with Gasteiger partial charge in [-0.15, -0.1) is 0 Å². The van der Waals surface area contributed by atoms with Crippen molar-refractivity contribution in [3.05, 3.63) is 29.8 Å². The number of nitrogens with zero attached hydrogens (tertiary/aromatic N) is 1. The maximum atomic E-state index is 3.25. The van der Waals surface area contributed by atoms with Crippen molar-refractivity contribution in [3.8, 4) is 0 Å². The molecule has 1 atom stereocenters. The van der Waals surface area contributed by atoms with Crippen LogP contribution in [-0.2, 0) is 6.54 Å². The maximum absolute atomic E-state index is 3.25. The molecule has 1 saturated heterocycles. The summed E-state index contributed by atoms with van der Waals surface area (Å²) in [5, 5.41) is 3.25. The van der Waals surface area contributed by atoms with E-state index in [2.05, 4.69) is 41.4 Å². The predicted octanol–water partition coefficient (Wildman–Crippen LogP) is 2.78. The Morgan fingerprint density at radius 1 is 1.31 bits per heavy atom. The number of benzene rings is 1. The molecule has 0 aliphatic carbocycles. The van der Waals surface area contributed by atoms with Crippen LogP contribution in [0, 0.1) is 0 Å². The zero-order chi connectivity index (χ0) is 11.4. The van der Waals surface area contributed by atoms with E-state index >= 15 is 0 Å². The first kappa shape index (κ1) is 11.5. The minimum absolute atomic E-state index is 0.687. The van der Waals surface area contributed by atoms with Gasteiger partial charge in [0, 0.05) is 24.8 Å². The number of rotatable bonds is 3. The molecule has 88 valence electrons. The molecule has 0 aromatic heterocycles. The second-order valence-corrected chi connectivity index (χ2v) is 4.70. The molecule has 1 aromatic carbocycles. The quantitative estimate of drug-likeness (QED) is 0.839. The molecule has 2 heteroatoms. The van der Waals surface area contributed by atoms with Crippen molar-refractivity contribution in [2.45, 2.75) is 38.8 Å². The monoisotopic (exact) mass is 218 g/mol. The topological polar surface area (TPSA) is 15.3 Å². The van der Waals surface area contributed by atoms with Gasteiger partial charge in [0.2, 0.25) is 0 Å². The fraction of sp³-hybridized carbons (Fsp3) is 0.571. The van der Waals surface area contributed by atoms with Gasteiger partial charge < -0.3 is 10.2 Å². The van der Waals surface area contributed by atoms with E-state index in [1.807, 2.05) is 7.05 Å². The van der Waals surface area contributed by atoms with Crippen molar-refractivity contribution < 1.29 is 0 Å². The summed E-state index contributed by atoms with van der Waals surface area (Å²) in [5.41, 5.74) is 2.84. The Hall–Kier alpha value is -1.02. The van der Waals surface area contributed by atoms with E-state index in [4.69, 9.17) is 0 Å². The Kier molecular flexibility index (Phi) is 3.83. The second kappa shape index (κ2) is 5.35. The van der Waals surface area contributed by atoms with Gasteiger partial charge in [0.15, 0.2) is 0 Å². The van der Waals surface area contributed by atoms with Gasteiger partial charge in [-0.3, -0.25) is 0 Å². The molecule has 1 aliphatic rings. The summed E-state index contributed by atoms with van der Waals surface area (Å²) in [6.07, 6.45) is 4.04. The predicted molar refractivity (Wildman–Crippen MR) is 69.9 cm³/mol. The average molecular weight is 218 g/mol. The fourth-order valence-electron chi connectivity index (χ4n) is 2.59. The molecular weight excluding hydrogens is 196 g/mol. The van der Waals surface area contributed by atoms with Crippen molar-refractivity contribution in [1.29, 1.82) is 0 Å². The molecular formula is C14H22N2. The van der Waals surface area contributed by atoms with Gasteiger partial charge in [-0.2, -0.15) is 0 Å². The van der Waals surface area contributed by atoms with E-state index in [1.54, 1.807) is 0 Å². The lowest BCUT2D eigenvalue weighted by atomic mass is 10.0. The highest BCUT2D eigenvalue weighted by Gasteiger charge is 2.19. The molecule has 0 radical (unpaired) electrons. The lowest BCUT2D eigenvalue weighted by molar-refractivity contribution is 0.483. The highest BCUT2D eigenvalue weighted by atomic mass is 15.2. The molecule has 0 bridgehead atoms. The molecule has 1 fully saturated rings. The highest BCUT2D eigenvalue weighted by Crippen LogP contribution is 2.27. The molecule has 2 nitrogen and oxygen atoms in total. The summed E-state index contributed by atoms with van der Waals surface area (Å²) < 4.78 is 0. The van der Waals surface area contributed by atoms with Crippen LogP contribution in [0.1, 0.15) is 31.7 Å². The average Bonchev–Trinajstić information content (AvgIpc) is 2.31. The van der Waals surface area contributed by atoms with Crippen LogP contribution in [0.5, 0.6) is 0 Å². The molecule has 0 saturated carbocycles. The zero-order valence-corrected chi connectivity index (χ0v) is 10.4. The Labute approximate surface area is 98.7 Å². The minimum atomic E-state index is 0.687. The zero-order valence-electron chi connectivity index (χ0n) is 10.4. The maximum Gasteiger partial charge on any atom is 0.0414 e. The summed E-state index contributed by atoms with van der Waals surface area (Å²) in [7, 11) is 2.01. The summed E-state index contributed by atoms with van der Waals surface area (Å²) >= 11 is 0. The molecule has 16 heavy (non-hydrogen) atoms. The molecule has 1 aromatic rings. The first-order chi connectivity index (χ1) is 7.83. The van der Waals surface area contributed by atoms with Crippen LogP contribution >= 0.6 is 0 Å². The standard InChI is InChI=1S/C14H22N2/c1-12-7-5-6-10-16(12)14-9-4-3-8-13(14)11-15-2/h3-4,8-9,12,15H,5-7,10-11H2,1-2H3. The number of para-hydroxylation sites is 1. The summed E-state index contributed by atoms with van der Waals surface area (Å²) in [6.45, 7) is 4.51. The van der Waals surface area contributed by atoms with Gasteiger partial charge in [-0.1, -0.05) is 18.2 Å². The summed E-state index contributed by atoms with van der Waals surface area (Å²) in [5.74, 6) is 0. The third-order valence-corrected chi connectivity index (χ3v) is 3.47. The Morgan fingerprint density at radius 3 is 2.88 bits per heavy atom. The van der Waals surface area contributed by atoms with Crippen LogP contribution in [0.2, 0.25) is 0 Å². The normalized spacial score (nSPS) is 21.1. The van der Waals surface area contributed by atoms with Gasteiger partial charge in [-0.05, 0) is 44.9 Å². The number of nitrogens with one attached hydrogen (secondary N) is 1. The molecule has 2 rings (SSSR count). The van der Waals surface area contributed by atoms with E-state index in [0.29, 0.717) is 6.04 Å². The van der Waals surface area contributed by atoms with E-state index in [0.717, 1.165) is 6.54 Å². The Bertz CT molecular complexity index is 335. The molecule has 1 heterocycles. The number of anilines is 1. The molecule has 0 amide bonds. The van der Waals surface area contributed by atoms with Crippen molar-refractivity contribution in [2.24, 2.45) is 0 Å². The van der Waals surface area contributed by atoms with E-state index in [9.17, 15) is 0 Å². The van der Waals surface area contributed by atoms with Gasteiger partial charge in [0.05, 0.1) is 0 Å². The third-order valence-electron chi connectivity index (χ3n) is 3.47. The lowest BCUT2D eigenvalue weighted by Crippen LogP contribution is -2.38. The van der Waals surface area contributed by atoms with Crippen LogP contribution in [-0.4, -0.2) is 19.6 Å². The number of hydrogen-bond donors (Lipinski definition) is 1. The molecule has 1 N–H and O–H groups in total. The Balaban J connectivity index is 2.23. The van der Waals surface area contributed by atoms with Crippen LogP contribution in [0.3, 0.4) is 0 Å². The lowest BCUT2D eigenvalue weighted by Gasteiger charge is -2.36. The van der Waals surface area contributed by atoms with Gasteiger partial charge in [0.25, 0.3) is 0 Å². The highest BCUT2D eigenvalue weighted by molar-refractivity contribution is 5.54. The molecule has 0 spiro atoms. The molecule has 1 unspecified atom stereocenters. The second-order valence-electron chi connectivity index (χ2n) is 4.70.